The Morgan fingerprint density at radius 2 is 2.14 bits per heavy atom. The average molecular weight is 219 g/mol. The quantitative estimate of drug-likeness (QED) is 0.554. The summed E-state index contributed by atoms with van der Waals surface area (Å²) >= 11 is 0. The standard InChI is InChI=1S/C9H17NO3S/c1-10-6-2-3-9(4-7-10)5-8-14(11,12)13/h5H,2-4,6-8H2,1H3,(H,11,12,13)/b9-5+. The molecule has 5 heteroatoms. The molecule has 0 saturated carbocycles. The van der Waals surface area contributed by atoms with Crippen LogP contribution in [0.4, 0.5) is 0 Å². The highest BCUT2D eigenvalue weighted by Gasteiger charge is 2.09. The lowest BCUT2D eigenvalue weighted by atomic mass is 10.1. The Labute approximate surface area is 85.4 Å². The van der Waals surface area contributed by atoms with Gasteiger partial charge in [-0.25, -0.2) is 0 Å². The van der Waals surface area contributed by atoms with Crippen molar-refractivity contribution in [1.29, 1.82) is 0 Å². The summed E-state index contributed by atoms with van der Waals surface area (Å²) in [5.41, 5.74) is 1.15. The predicted molar refractivity (Wildman–Crippen MR) is 55.8 cm³/mol. The van der Waals surface area contributed by atoms with Gasteiger partial charge >= 0.3 is 0 Å². The average Bonchev–Trinajstić information content (AvgIpc) is 2.25. The second kappa shape index (κ2) is 4.91. The van der Waals surface area contributed by atoms with Gasteiger partial charge in [0.2, 0.25) is 0 Å². The Bertz CT molecular complexity index is 308. The van der Waals surface area contributed by atoms with Crippen molar-refractivity contribution in [3.05, 3.63) is 11.6 Å². The van der Waals surface area contributed by atoms with Crippen LogP contribution in [-0.2, 0) is 10.1 Å². The van der Waals surface area contributed by atoms with Gasteiger partial charge in [0, 0.05) is 6.54 Å². The van der Waals surface area contributed by atoms with Crippen LogP contribution in [0.2, 0.25) is 0 Å². The van der Waals surface area contributed by atoms with Crippen LogP contribution in [0.15, 0.2) is 11.6 Å². The minimum atomic E-state index is -3.84. The van der Waals surface area contributed by atoms with Crippen LogP contribution in [0.25, 0.3) is 0 Å². The van der Waals surface area contributed by atoms with Gasteiger partial charge in [-0.1, -0.05) is 11.6 Å². The first-order chi connectivity index (χ1) is 6.47. The van der Waals surface area contributed by atoms with E-state index in [4.69, 9.17) is 4.55 Å². The van der Waals surface area contributed by atoms with Crippen molar-refractivity contribution < 1.29 is 13.0 Å². The second-order valence-corrected chi connectivity index (χ2v) is 5.26. The highest BCUT2D eigenvalue weighted by atomic mass is 32.2. The van der Waals surface area contributed by atoms with Crippen molar-refractivity contribution in [2.24, 2.45) is 0 Å². The summed E-state index contributed by atoms with van der Waals surface area (Å²) in [6, 6.07) is 0. The number of likely N-dealkylation sites (tertiary alicyclic amines) is 1. The van der Waals surface area contributed by atoms with Crippen LogP contribution in [0, 0.1) is 0 Å². The fourth-order valence-corrected chi connectivity index (χ4v) is 2.02. The molecule has 0 aromatic heterocycles. The Balaban J connectivity index is 2.51. The summed E-state index contributed by atoms with van der Waals surface area (Å²) in [5, 5.41) is 0. The van der Waals surface area contributed by atoms with Crippen molar-refractivity contribution in [1.82, 2.24) is 4.90 Å². The van der Waals surface area contributed by atoms with E-state index in [0.29, 0.717) is 0 Å². The lowest BCUT2D eigenvalue weighted by Gasteiger charge is -2.10. The van der Waals surface area contributed by atoms with E-state index in [1.165, 1.54) is 0 Å². The summed E-state index contributed by atoms with van der Waals surface area (Å²) in [5.74, 6) is -0.244. The molecule has 0 spiro atoms. The molecule has 1 saturated heterocycles. The van der Waals surface area contributed by atoms with Crippen LogP contribution in [-0.4, -0.2) is 43.8 Å². The maximum atomic E-state index is 10.5. The van der Waals surface area contributed by atoms with Crippen molar-refractivity contribution in [3.63, 3.8) is 0 Å². The third-order valence-corrected chi connectivity index (χ3v) is 3.02. The monoisotopic (exact) mass is 219 g/mol. The minimum absolute atomic E-state index is 0.244. The molecule has 14 heavy (non-hydrogen) atoms. The van der Waals surface area contributed by atoms with Crippen molar-refractivity contribution in [2.45, 2.75) is 19.3 Å². The fourth-order valence-electron chi connectivity index (χ4n) is 1.57. The lowest BCUT2D eigenvalue weighted by Crippen LogP contribution is -2.18. The van der Waals surface area contributed by atoms with E-state index in [-0.39, 0.29) is 5.75 Å². The first-order valence-electron chi connectivity index (χ1n) is 4.79. The van der Waals surface area contributed by atoms with Gasteiger partial charge in [0.25, 0.3) is 10.1 Å². The van der Waals surface area contributed by atoms with E-state index in [1.807, 2.05) is 0 Å². The highest BCUT2D eigenvalue weighted by Crippen LogP contribution is 2.15. The maximum absolute atomic E-state index is 10.5. The van der Waals surface area contributed by atoms with Gasteiger partial charge in [0.15, 0.2) is 0 Å². The van der Waals surface area contributed by atoms with Crippen molar-refractivity contribution >= 4 is 10.1 Å². The smallest absolute Gasteiger partial charge is 0.268 e. The normalized spacial score (nSPS) is 23.7. The number of hydrogen-bond acceptors (Lipinski definition) is 3. The molecule has 0 aromatic rings. The zero-order valence-electron chi connectivity index (χ0n) is 8.44. The zero-order chi connectivity index (χ0) is 10.6. The molecule has 0 aromatic carbocycles. The number of nitrogens with zero attached hydrogens (tertiary/aromatic N) is 1. The van der Waals surface area contributed by atoms with Crippen LogP contribution in [0.5, 0.6) is 0 Å². The van der Waals surface area contributed by atoms with E-state index in [0.717, 1.165) is 37.9 Å². The summed E-state index contributed by atoms with van der Waals surface area (Å²) in [6.45, 7) is 2.03. The predicted octanol–water partition coefficient (Wildman–Crippen LogP) is 0.916. The molecule has 1 rings (SSSR count). The molecule has 1 aliphatic heterocycles. The van der Waals surface area contributed by atoms with E-state index < -0.39 is 10.1 Å². The van der Waals surface area contributed by atoms with Gasteiger partial charge in [0.1, 0.15) is 0 Å². The summed E-state index contributed by atoms with van der Waals surface area (Å²) in [4.78, 5) is 2.23. The molecule has 1 heterocycles. The van der Waals surface area contributed by atoms with Crippen LogP contribution in [0.3, 0.4) is 0 Å². The molecule has 0 unspecified atom stereocenters. The van der Waals surface area contributed by atoms with Crippen LogP contribution >= 0.6 is 0 Å². The number of rotatable bonds is 2. The van der Waals surface area contributed by atoms with Crippen LogP contribution in [0.1, 0.15) is 19.3 Å². The Morgan fingerprint density at radius 1 is 1.43 bits per heavy atom. The molecular weight excluding hydrogens is 202 g/mol. The van der Waals surface area contributed by atoms with Gasteiger partial charge in [-0.3, -0.25) is 4.55 Å². The van der Waals surface area contributed by atoms with Gasteiger partial charge < -0.3 is 4.90 Å². The molecule has 4 nitrogen and oxygen atoms in total. The molecule has 0 aliphatic carbocycles. The van der Waals surface area contributed by atoms with Gasteiger partial charge in [-0.05, 0) is 32.9 Å². The third-order valence-electron chi connectivity index (χ3n) is 2.43. The van der Waals surface area contributed by atoms with E-state index in [1.54, 1.807) is 6.08 Å². The second-order valence-electron chi connectivity index (χ2n) is 3.77. The van der Waals surface area contributed by atoms with E-state index in [2.05, 4.69) is 11.9 Å². The SMILES string of the molecule is CN1CCC/C(=C\CS(=O)(=O)O)CC1. The van der Waals surface area contributed by atoms with Gasteiger partial charge in [-0.2, -0.15) is 8.42 Å². The molecule has 0 bridgehead atoms. The summed E-state index contributed by atoms with van der Waals surface area (Å²) < 4.78 is 29.6. The minimum Gasteiger partial charge on any atom is -0.306 e. The first-order valence-corrected chi connectivity index (χ1v) is 6.40. The first kappa shape index (κ1) is 11.7. The number of hydrogen-bond donors (Lipinski definition) is 1. The molecule has 1 N–H and O–H groups in total. The molecule has 0 atom stereocenters. The molecular formula is C9H17NO3S. The largest absolute Gasteiger partial charge is 0.306 e. The molecule has 1 fully saturated rings. The molecule has 82 valence electrons. The summed E-state index contributed by atoms with van der Waals surface area (Å²) in [6.07, 6.45) is 4.56. The lowest BCUT2D eigenvalue weighted by molar-refractivity contribution is 0.351. The Hall–Kier alpha value is -0.390. The maximum Gasteiger partial charge on any atom is 0.268 e. The third kappa shape index (κ3) is 4.74. The molecule has 0 amide bonds. The van der Waals surface area contributed by atoms with E-state index >= 15 is 0 Å². The van der Waals surface area contributed by atoms with Crippen molar-refractivity contribution in [2.75, 3.05) is 25.9 Å². The van der Waals surface area contributed by atoms with Gasteiger partial charge in [0.05, 0.1) is 5.75 Å². The summed E-state index contributed by atoms with van der Waals surface area (Å²) in [7, 11) is -1.78. The Kier molecular flexibility index (Phi) is 4.10. The molecule has 1 aliphatic rings. The Morgan fingerprint density at radius 3 is 2.79 bits per heavy atom. The molecule has 0 radical (unpaired) electrons. The van der Waals surface area contributed by atoms with Gasteiger partial charge in [-0.15, -0.1) is 0 Å². The fraction of sp³-hybridized carbons (Fsp3) is 0.778. The van der Waals surface area contributed by atoms with Crippen molar-refractivity contribution in [3.8, 4) is 0 Å². The highest BCUT2D eigenvalue weighted by molar-refractivity contribution is 7.85. The van der Waals surface area contributed by atoms with Crippen LogP contribution < -0.4 is 0 Å². The van der Waals surface area contributed by atoms with E-state index in [9.17, 15) is 8.42 Å². The zero-order valence-corrected chi connectivity index (χ0v) is 9.26. The topological polar surface area (TPSA) is 57.6 Å².